The number of ether oxygens (including phenoxy) is 2. The van der Waals surface area contributed by atoms with Crippen LogP contribution in [-0.4, -0.2) is 87.0 Å². The first-order chi connectivity index (χ1) is 19.9. The van der Waals surface area contributed by atoms with Crippen molar-refractivity contribution in [3.63, 3.8) is 0 Å². The topological polar surface area (TPSA) is 146 Å². The van der Waals surface area contributed by atoms with Crippen LogP contribution in [0.1, 0.15) is 51.7 Å². The van der Waals surface area contributed by atoms with Crippen LogP contribution in [0.3, 0.4) is 0 Å². The molecule has 0 saturated carbocycles. The van der Waals surface area contributed by atoms with Gasteiger partial charge in [0.15, 0.2) is 0 Å². The summed E-state index contributed by atoms with van der Waals surface area (Å²) < 4.78 is 10.9. The maximum absolute atomic E-state index is 13.5. The molecule has 4 atom stereocenters. The first-order valence-corrected chi connectivity index (χ1v) is 14.1. The van der Waals surface area contributed by atoms with Gasteiger partial charge in [-0.3, -0.25) is 9.69 Å². The number of carboxylic acids is 1. The molecule has 1 aliphatic rings. The summed E-state index contributed by atoms with van der Waals surface area (Å²) in [7, 11) is 0. The van der Waals surface area contributed by atoms with E-state index in [4.69, 9.17) is 9.47 Å². The van der Waals surface area contributed by atoms with E-state index in [0.717, 1.165) is 16.0 Å². The van der Waals surface area contributed by atoms with Crippen molar-refractivity contribution in [1.82, 2.24) is 15.1 Å². The summed E-state index contributed by atoms with van der Waals surface area (Å²) in [5.41, 5.74) is 0.766. The summed E-state index contributed by atoms with van der Waals surface area (Å²) in [4.78, 5) is 53.7. The second kappa shape index (κ2) is 14.7. The number of carbonyl (C=O) groups is 4. The van der Waals surface area contributed by atoms with E-state index < -0.39 is 53.9 Å². The van der Waals surface area contributed by atoms with Crippen molar-refractivity contribution in [3.8, 4) is 0 Å². The minimum Gasteiger partial charge on any atom is -0.480 e. The fourth-order valence-corrected chi connectivity index (χ4v) is 4.79. The van der Waals surface area contributed by atoms with Gasteiger partial charge in [-0.05, 0) is 58.1 Å². The van der Waals surface area contributed by atoms with Gasteiger partial charge in [-0.15, -0.1) is 0 Å². The van der Waals surface area contributed by atoms with Gasteiger partial charge < -0.3 is 29.9 Å². The van der Waals surface area contributed by atoms with E-state index in [-0.39, 0.29) is 26.1 Å². The molecule has 1 aliphatic heterocycles. The lowest BCUT2D eigenvalue weighted by Crippen LogP contribution is -2.57. The fraction of sp³-hybridized carbons (Fsp3) is 0.484. The van der Waals surface area contributed by atoms with Crippen LogP contribution >= 0.6 is 0 Å². The summed E-state index contributed by atoms with van der Waals surface area (Å²) in [6.07, 6.45) is -1.90. The number of rotatable bonds is 11. The van der Waals surface area contributed by atoms with E-state index in [1.165, 1.54) is 11.8 Å². The Labute approximate surface area is 246 Å². The van der Waals surface area contributed by atoms with Crippen molar-refractivity contribution in [1.29, 1.82) is 0 Å². The SMILES string of the molecule is C[C@@H](C(=O)N1CCC[C@H]1C(=O)O)N(CC(O)[C@H](Cc1ccccc1)NC(=O)OC(C)(C)C)C(=O)OCc1ccccc1. The molecule has 0 bridgehead atoms. The van der Waals surface area contributed by atoms with Crippen LogP contribution in [0.15, 0.2) is 60.7 Å². The Morgan fingerprint density at radius 2 is 1.62 bits per heavy atom. The van der Waals surface area contributed by atoms with Crippen LogP contribution in [0.2, 0.25) is 0 Å². The molecule has 0 spiro atoms. The predicted molar refractivity (Wildman–Crippen MR) is 154 cm³/mol. The monoisotopic (exact) mass is 583 g/mol. The van der Waals surface area contributed by atoms with Gasteiger partial charge in [0.1, 0.15) is 24.3 Å². The lowest BCUT2D eigenvalue weighted by atomic mass is 10.0. The van der Waals surface area contributed by atoms with Crippen LogP contribution in [0.5, 0.6) is 0 Å². The van der Waals surface area contributed by atoms with E-state index >= 15 is 0 Å². The van der Waals surface area contributed by atoms with E-state index in [1.807, 2.05) is 36.4 Å². The number of hydrogen-bond donors (Lipinski definition) is 3. The minimum atomic E-state index is -1.34. The molecule has 1 unspecified atom stereocenters. The first kappa shape index (κ1) is 32.4. The van der Waals surface area contributed by atoms with Crippen LogP contribution in [0, 0.1) is 0 Å². The lowest BCUT2D eigenvalue weighted by Gasteiger charge is -2.35. The van der Waals surface area contributed by atoms with Gasteiger partial charge in [-0.2, -0.15) is 0 Å². The van der Waals surface area contributed by atoms with E-state index in [2.05, 4.69) is 5.32 Å². The van der Waals surface area contributed by atoms with Crippen molar-refractivity contribution in [2.75, 3.05) is 13.1 Å². The normalized spacial score (nSPS) is 17.1. The Bertz CT molecular complexity index is 1200. The number of nitrogens with one attached hydrogen (secondary N) is 1. The summed E-state index contributed by atoms with van der Waals surface area (Å²) in [5, 5.41) is 23.7. The number of carboxylic acid groups (broad SMARTS) is 1. The number of likely N-dealkylation sites (tertiary alicyclic amines) is 1. The Morgan fingerprint density at radius 1 is 1.02 bits per heavy atom. The van der Waals surface area contributed by atoms with Gasteiger partial charge in [-0.25, -0.2) is 14.4 Å². The molecular formula is C31H41N3O8. The Hall–Kier alpha value is -4.12. The van der Waals surface area contributed by atoms with Gasteiger partial charge >= 0.3 is 18.2 Å². The van der Waals surface area contributed by atoms with Crippen molar-refractivity contribution in [2.45, 2.75) is 83.4 Å². The predicted octanol–water partition coefficient (Wildman–Crippen LogP) is 3.59. The number of hydrogen-bond acceptors (Lipinski definition) is 7. The van der Waals surface area contributed by atoms with Crippen LogP contribution in [0.25, 0.3) is 0 Å². The molecule has 228 valence electrons. The Kier molecular flexibility index (Phi) is 11.3. The van der Waals surface area contributed by atoms with Crippen molar-refractivity contribution in [3.05, 3.63) is 71.8 Å². The number of carbonyl (C=O) groups excluding carboxylic acids is 3. The molecule has 11 nitrogen and oxygen atoms in total. The molecule has 1 fully saturated rings. The molecule has 0 radical (unpaired) electrons. The van der Waals surface area contributed by atoms with Crippen LogP contribution in [0.4, 0.5) is 9.59 Å². The van der Waals surface area contributed by atoms with E-state index in [1.54, 1.807) is 45.0 Å². The summed E-state index contributed by atoms with van der Waals surface area (Å²) in [6.45, 7) is 6.43. The highest BCUT2D eigenvalue weighted by Crippen LogP contribution is 2.21. The van der Waals surface area contributed by atoms with Crippen molar-refractivity contribution < 1.29 is 38.9 Å². The zero-order chi connectivity index (χ0) is 30.9. The molecule has 1 saturated heterocycles. The number of aliphatic carboxylic acids is 1. The van der Waals surface area contributed by atoms with Crippen LogP contribution in [-0.2, 0) is 32.1 Å². The number of aliphatic hydroxyl groups excluding tert-OH is 1. The Morgan fingerprint density at radius 3 is 2.19 bits per heavy atom. The molecule has 1 heterocycles. The standard InChI is InChI=1S/C31H41N3O8/c1-21(27(36)33-17-11-16-25(33)28(37)38)34(30(40)41-20-23-14-9-6-10-15-23)19-26(35)24(18-22-12-7-5-8-13-22)32-29(39)42-31(2,3)4/h5-10,12-15,21,24-26,35H,11,16-20H2,1-4H3,(H,32,39)(H,37,38)/t21-,24-,25-,26?/m0/s1. The number of amides is 3. The largest absolute Gasteiger partial charge is 0.480 e. The van der Waals surface area contributed by atoms with Crippen LogP contribution < -0.4 is 5.32 Å². The molecule has 2 aromatic carbocycles. The molecule has 0 aliphatic carbocycles. The second-order valence-corrected chi connectivity index (χ2v) is 11.4. The maximum atomic E-state index is 13.5. The highest BCUT2D eigenvalue weighted by molar-refractivity contribution is 5.89. The molecule has 3 amide bonds. The highest BCUT2D eigenvalue weighted by Gasteiger charge is 2.40. The van der Waals surface area contributed by atoms with Gasteiger partial charge in [0.05, 0.1) is 18.7 Å². The van der Waals surface area contributed by atoms with Crippen molar-refractivity contribution in [2.24, 2.45) is 0 Å². The molecule has 3 rings (SSSR count). The third-order valence-corrected chi connectivity index (χ3v) is 6.93. The van der Waals surface area contributed by atoms with Gasteiger partial charge in [-0.1, -0.05) is 60.7 Å². The van der Waals surface area contributed by atoms with Crippen molar-refractivity contribution >= 4 is 24.1 Å². The molecule has 3 N–H and O–H groups in total. The van der Waals surface area contributed by atoms with Gasteiger partial charge in [0.2, 0.25) is 5.91 Å². The fourth-order valence-electron chi connectivity index (χ4n) is 4.79. The van der Waals surface area contributed by atoms with Gasteiger partial charge in [0, 0.05) is 6.54 Å². The number of alkyl carbamates (subject to hydrolysis) is 1. The van der Waals surface area contributed by atoms with E-state index in [9.17, 15) is 29.4 Å². The smallest absolute Gasteiger partial charge is 0.410 e. The number of benzene rings is 2. The molecular weight excluding hydrogens is 542 g/mol. The third kappa shape index (κ3) is 9.47. The summed E-state index contributed by atoms with van der Waals surface area (Å²) in [6, 6.07) is 15.1. The summed E-state index contributed by atoms with van der Waals surface area (Å²) >= 11 is 0. The molecule has 0 aromatic heterocycles. The summed E-state index contributed by atoms with van der Waals surface area (Å²) in [5.74, 6) is -1.68. The third-order valence-electron chi connectivity index (χ3n) is 6.93. The van der Waals surface area contributed by atoms with Gasteiger partial charge in [0.25, 0.3) is 0 Å². The zero-order valence-corrected chi connectivity index (χ0v) is 24.6. The average molecular weight is 584 g/mol. The Balaban J connectivity index is 1.85. The average Bonchev–Trinajstić information content (AvgIpc) is 3.44. The second-order valence-electron chi connectivity index (χ2n) is 11.4. The zero-order valence-electron chi connectivity index (χ0n) is 24.6. The minimum absolute atomic E-state index is 0.0712. The molecule has 11 heteroatoms. The molecule has 2 aromatic rings. The maximum Gasteiger partial charge on any atom is 0.410 e. The first-order valence-electron chi connectivity index (χ1n) is 14.1. The van der Waals surface area contributed by atoms with E-state index in [0.29, 0.717) is 12.8 Å². The lowest BCUT2D eigenvalue weighted by molar-refractivity contribution is -0.150. The quantitative estimate of drug-likeness (QED) is 0.364. The highest BCUT2D eigenvalue weighted by atomic mass is 16.6. The number of nitrogens with zero attached hydrogens (tertiary/aromatic N) is 2. The number of aliphatic hydroxyl groups is 1. The molecule has 42 heavy (non-hydrogen) atoms.